The second kappa shape index (κ2) is 4.40. The maximum atomic E-state index is 12.3. The van der Waals surface area contributed by atoms with Crippen molar-refractivity contribution in [3.05, 3.63) is 0 Å². The van der Waals surface area contributed by atoms with Gasteiger partial charge in [0.05, 0.1) is 6.07 Å². The van der Waals surface area contributed by atoms with Gasteiger partial charge in [0.1, 0.15) is 11.6 Å². The Kier molecular flexibility index (Phi) is 3.13. The average Bonchev–Trinajstić information content (AvgIpc) is 2.76. The second-order valence-electron chi connectivity index (χ2n) is 4.53. The van der Waals surface area contributed by atoms with Gasteiger partial charge < -0.3 is 15.0 Å². The lowest BCUT2D eigenvalue weighted by Crippen LogP contribution is -2.58. The molecule has 0 spiro atoms. The van der Waals surface area contributed by atoms with E-state index in [2.05, 4.69) is 11.4 Å². The maximum Gasteiger partial charge on any atom is 0.255 e. The summed E-state index contributed by atoms with van der Waals surface area (Å²) in [5, 5.41) is 12.1. The third kappa shape index (κ3) is 1.91. The fourth-order valence-electron chi connectivity index (χ4n) is 2.31. The van der Waals surface area contributed by atoms with Crippen molar-refractivity contribution < 1.29 is 9.53 Å². The molecular weight excluding hydrogens is 206 g/mol. The number of amides is 1. The first-order valence-corrected chi connectivity index (χ1v) is 5.73. The zero-order valence-corrected chi connectivity index (χ0v) is 9.53. The summed E-state index contributed by atoms with van der Waals surface area (Å²) in [7, 11) is 0. The van der Waals surface area contributed by atoms with Gasteiger partial charge in [0.15, 0.2) is 0 Å². The molecule has 0 aliphatic carbocycles. The van der Waals surface area contributed by atoms with Gasteiger partial charge in [-0.15, -0.1) is 0 Å². The number of nitrogens with zero attached hydrogens (tertiary/aromatic N) is 2. The van der Waals surface area contributed by atoms with Crippen molar-refractivity contribution in [2.24, 2.45) is 0 Å². The van der Waals surface area contributed by atoms with E-state index >= 15 is 0 Å². The molecule has 16 heavy (non-hydrogen) atoms. The van der Waals surface area contributed by atoms with Crippen molar-refractivity contribution in [1.29, 1.82) is 5.26 Å². The molecule has 0 aromatic heterocycles. The van der Waals surface area contributed by atoms with Crippen LogP contribution < -0.4 is 5.32 Å². The molecule has 1 N–H and O–H groups in total. The van der Waals surface area contributed by atoms with Crippen LogP contribution in [0.5, 0.6) is 0 Å². The highest BCUT2D eigenvalue weighted by Crippen LogP contribution is 2.28. The van der Waals surface area contributed by atoms with Gasteiger partial charge in [0.25, 0.3) is 5.91 Å². The quantitative estimate of drug-likeness (QED) is 0.673. The maximum absolute atomic E-state index is 12.3. The number of rotatable bonds is 1. The van der Waals surface area contributed by atoms with Crippen LogP contribution in [0.15, 0.2) is 0 Å². The Morgan fingerprint density at radius 1 is 1.69 bits per heavy atom. The number of piperazine rings is 1. The highest BCUT2D eigenvalue weighted by Gasteiger charge is 2.43. The molecule has 2 heterocycles. The SMILES string of the molecule is CC1(C(=O)N2CCNCC2C#N)CCCO1. The summed E-state index contributed by atoms with van der Waals surface area (Å²) in [6.45, 7) is 4.37. The number of hydrogen-bond donors (Lipinski definition) is 1. The first-order valence-electron chi connectivity index (χ1n) is 5.73. The Morgan fingerprint density at radius 3 is 3.12 bits per heavy atom. The molecule has 0 saturated carbocycles. The third-order valence-corrected chi connectivity index (χ3v) is 3.32. The van der Waals surface area contributed by atoms with E-state index in [1.165, 1.54) is 0 Å². The van der Waals surface area contributed by atoms with Crippen molar-refractivity contribution >= 4 is 5.91 Å². The molecule has 2 unspecified atom stereocenters. The second-order valence-corrected chi connectivity index (χ2v) is 4.53. The lowest BCUT2D eigenvalue weighted by atomic mass is 9.99. The standard InChI is InChI=1S/C11H17N3O2/c1-11(3-2-6-16-11)10(15)14-5-4-13-8-9(14)7-12/h9,13H,2-6,8H2,1H3. The van der Waals surface area contributed by atoms with Crippen LogP contribution in [0.4, 0.5) is 0 Å². The summed E-state index contributed by atoms with van der Waals surface area (Å²) in [6.07, 6.45) is 1.68. The lowest BCUT2D eigenvalue weighted by Gasteiger charge is -2.36. The fraction of sp³-hybridized carbons (Fsp3) is 0.818. The highest BCUT2D eigenvalue weighted by molar-refractivity contribution is 5.85. The van der Waals surface area contributed by atoms with E-state index in [-0.39, 0.29) is 11.9 Å². The molecule has 88 valence electrons. The zero-order chi connectivity index (χ0) is 11.6. The number of nitriles is 1. The van der Waals surface area contributed by atoms with Gasteiger partial charge in [0.2, 0.25) is 0 Å². The first-order chi connectivity index (χ1) is 7.67. The molecule has 1 amide bonds. The Bertz CT molecular complexity index is 318. The minimum atomic E-state index is -0.702. The number of carbonyl (C=O) groups excluding carboxylic acids is 1. The molecule has 0 aromatic carbocycles. The van der Waals surface area contributed by atoms with Gasteiger partial charge in [-0.25, -0.2) is 0 Å². The van der Waals surface area contributed by atoms with Crippen molar-refractivity contribution in [3.8, 4) is 6.07 Å². The van der Waals surface area contributed by atoms with Gasteiger partial charge in [-0.2, -0.15) is 5.26 Å². The molecular formula is C11H17N3O2. The molecule has 2 aliphatic rings. The van der Waals surface area contributed by atoms with Crippen LogP contribution in [0.1, 0.15) is 19.8 Å². The van der Waals surface area contributed by atoms with Crippen LogP contribution in [0.25, 0.3) is 0 Å². The van der Waals surface area contributed by atoms with Crippen molar-refractivity contribution in [2.75, 3.05) is 26.2 Å². The number of hydrogen-bond acceptors (Lipinski definition) is 4. The van der Waals surface area contributed by atoms with E-state index in [1.807, 2.05) is 6.92 Å². The van der Waals surface area contributed by atoms with E-state index in [0.717, 1.165) is 19.4 Å². The van der Waals surface area contributed by atoms with Gasteiger partial charge in [-0.1, -0.05) is 0 Å². The summed E-state index contributed by atoms with van der Waals surface area (Å²) in [5.74, 6) is -0.0296. The summed E-state index contributed by atoms with van der Waals surface area (Å²) in [4.78, 5) is 14.0. The summed E-state index contributed by atoms with van der Waals surface area (Å²) in [5.41, 5.74) is -0.702. The van der Waals surface area contributed by atoms with Crippen molar-refractivity contribution in [1.82, 2.24) is 10.2 Å². The molecule has 2 fully saturated rings. The summed E-state index contributed by atoms with van der Waals surface area (Å²) in [6, 6.07) is 1.80. The number of carbonyl (C=O) groups is 1. The fourth-order valence-corrected chi connectivity index (χ4v) is 2.31. The number of nitrogens with one attached hydrogen (secondary N) is 1. The van der Waals surface area contributed by atoms with E-state index < -0.39 is 5.60 Å². The van der Waals surface area contributed by atoms with Crippen LogP contribution in [0.2, 0.25) is 0 Å². The van der Waals surface area contributed by atoms with Gasteiger partial charge in [-0.3, -0.25) is 4.79 Å². The monoisotopic (exact) mass is 223 g/mol. The molecule has 5 heteroatoms. The molecule has 2 saturated heterocycles. The largest absolute Gasteiger partial charge is 0.365 e. The molecule has 2 aliphatic heterocycles. The molecule has 2 atom stereocenters. The predicted molar refractivity (Wildman–Crippen MR) is 57.6 cm³/mol. The molecule has 5 nitrogen and oxygen atoms in total. The van der Waals surface area contributed by atoms with Crippen LogP contribution in [-0.2, 0) is 9.53 Å². The Labute approximate surface area is 95.4 Å². The Hall–Kier alpha value is -1.12. The van der Waals surface area contributed by atoms with E-state index in [0.29, 0.717) is 19.7 Å². The van der Waals surface area contributed by atoms with Gasteiger partial charge in [-0.05, 0) is 19.8 Å². The number of ether oxygens (including phenoxy) is 1. The smallest absolute Gasteiger partial charge is 0.255 e. The van der Waals surface area contributed by atoms with Gasteiger partial charge >= 0.3 is 0 Å². The van der Waals surface area contributed by atoms with E-state index in [4.69, 9.17) is 10.00 Å². The predicted octanol–water partition coefficient (Wildman–Crippen LogP) is -0.121. The molecule has 0 bridgehead atoms. The molecule has 0 aromatic rings. The normalized spacial score (nSPS) is 34.8. The average molecular weight is 223 g/mol. The molecule has 0 radical (unpaired) electrons. The first kappa shape index (κ1) is 11.4. The molecule has 2 rings (SSSR count). The minimum Gasteiger partial charge on any atom is -0.365 e. The highest BCUT2D eigenvalue weighted by atomic mass is 16.5. The van der Waals surface area contributed by atoms with Crippen LogP contribution in [-0.4, -0.2) is 48.7 Å². The Morgan fingerprint density at radius 2 is 2.50 bits per heavy atom. The Balaban J connectivity index is 2.10. The van der Waals surface area contributed by atoms with E-state index in [1.54, 1.807) is 4.90 Å². The van der Waals surface area contributed by atoms with Crippen LogP contribution in [0, 0.1) is 11.3 Å². The van der Waals surface area contributed by atoms with E-state index in [9.17, 15) is 4.79 Å². The third-order valence-electron chi connectivity index (χ3n) is 3.32. The topological polar surface area (TPSA) is 65.4 Å². The summed E-state index contributed by atoms with van der Waals surface area (Å²) >= 11 is 0. The van der Waals surface area contributed by atoms with Crippen LogP contribution >= 0.6 is 0 Å². The lowest BCUT2D eigenvalue weighted by molar-refractivity contribution is -0.153. The summed E-state index contributed by atoms with van der Waals surface area (Å²) < 4.78 is 5.53. The van der Waals surface area contributed by atoms with Crippen molar-refractivity contribution in [2.45, 2.75) is 31.4 Å². The van der Waals surface area contributed by atoms with Crippen molar-refractivity contribution in [3.63, 3.8) is 0 Å². The van der Waals surface area contributed by atoms with Gasteiger partial charge in [0, 0.05) is 26.2 Å². The zero-order valence-electron chi connectivity index (χ0n) is 9.53. The minimum absolute atomic E-state index is 0.0296. The van der Waals surface area contributed by atoms with Crippen LogP contribution in [0.3, 0.4) is 0 Å².